The first-order valence-electron chi connectivity index (χ1n) is 6.63. The second kappa shape index (κ2) is 7.51. The summed E-state index contributed by atoms with van der Waals surface area (Å²) in [5, 5.41) is 14.2. The van der Waals surface area contributed by atoms with Gasteiger partial charge in [-0.3, -0.25) is 10.1 Å². The van der Waals surface area contributed by atoms with Crippen molar-refractivity contribution < 1.29 is 9.66 Å². The molecule has 1 aromatic heterocycles. The summed E-state index contributed by atoms with van der Waals surface area (Å²) in [7, 11) is 1.66. The highest BCUT2D eigenvalue weighted by Crippen LogP contribution is 2.18. The molecule has 1 heterocycles. The normalized spacial score (nSPS) is 10.7. The van der Waals surface area contributed by atoms with Crippen LogP contribution in [0.5, 0.6) is 0 Å². The average molecular weight is 290 g/mol. The van der Waals surface area contributed by atoms with Crippen LogP contribution in [0.4, 0.5) is 5.69 Å². The SMILES string of the molecule is COCCNCc1cn(Cc2ccccc2[N+](=O)[O-])cn1. The van der Waals surface area contributed by atoms with Crippen molar-refractivity contribution in [3.05, 3.63) is 58.2 Å². The summed E-state index contributed by atoms with van der Waals surface area (Å²) in [5.74, 6) is 0. The second-order valence-electron chi connectivity index (χ2n) is 4.59. The summed E-state index contributed by atoms with van der Waals surface area (Å²) < 4.78 is 6.79. The zero-order chi connectivity index (χ0) is 15.1. The minimum Gasteiger partial charge on any atom is -0.383 e. The van der Waals surface area contributed by atoms with Gasteiger partial charge in [0.05, 0.1) is 30.1 Å². The van der Waals surface area contributed by atoms with Gasteiger partial charge in [-0.15, -0.1) is 0 Å². The number of hydrogen-bond donors (Lipinski definition) is 1. The number of nitro groups is 1. The zero-order valence-electron chi connectivity index (χ0n) is 11.9. The Morgan fingerprint density at radius 1 is 1.43 bits per heavy atom. The van der Waals surface area contributed by atoms with Crippen molar-refractivity contribution in [2.24, 2.45) is 0 Å². The van der Waals surface area contributed by atoms with E-state index in [1.54, 1.807) is 31.6 Å². The molecule has 112 valence electrons. The average Bonchev–Trinajstić information content (AvgIpc) is 2.91. The lowest BCUT2D eigenvalue weighted by atomic mass is 10.2. The lowest BCUT2D eigenvalue weighted by Gasteiger charge is -2.03. The Labute approximate surface area is 122 Å². The summed E-state index contributed by atoms with van der Waals surface area (Å²) in [6, 6.07) is 6.74. The lowest BCUT2D eigenvalue weighted by molar-refractivity contribution is -0.385. The topological polar surface area (TPSA) is 82.2 Å². The monoisotopic (exact) mass is 290 g/mol. The maximum absolute atomic E-state index is 11.0. The molecule has 7 heteroatoms. The van der Waals surface area contributed by atoms with Crippen LogP contribution in [0, 0.1) is 10.1 Å². The molecule has 0 bridgehead atoms. The van der Waals surface area contributed by atoms with E-state index in [4.69, 9.17) is 4.74 Å². The molecule has 21 heavy (non-hydrogen) atoms. The molecule has 1 N–H and O–H groups in total. The van der Waals surface area contributed by atoms with Crippen molar-refractivity contribution >= 4 is 5.69 Å². The van der Waals surface area contributed by atoms with Crippen molar-refractivity contribution in [1.29, 1.82) is 0 Å². The molecular weight excluding hydrogens is 272 g/mol. The quantitative estimate of drug-likeness (QED) is 0.453. The van der Waals surface area contributed by atoms with E-state index in [2.05, 4.69) is 10.3 Å². The van der Waals surface area contributed by atoms with Gasteiger partial charge in [0.25, 0.3) is 5.69 Å². The Morgan fingerprint density at radius 3 is 3.00 bits per heavy atom. The highest BCUT2D eigenvalue weighted by molar-refractivity contribution is 5.39. The molecule has 0 aliphatic rings. The van der Waals surface area contributed by atoms with E-state index in [1.807, 2.05) is 10.8 Å². The molecule has 0 saturated heterocycles. The Morgan fingerprint density at radius 2 is 2.24 bits per heavy atom. The van der Waals surface area contributed by atoms with Crippen LogP contribution in [-0.4, -0.2) is 34.7 Å². The molecule has 0 amide bonds. The summed E-state index contributed by atoms with van der Waals surface area (Å²) in [6.45, 7) is 2.49. The first-order valence-corrected chi connectivity index (χ1v) is 6.63. The number of rotatable bonds is 8. The fraction of sp³-hybridized carbons (Fsp3) is 0.357. The maximum Gasteiger partial charge on any atom is 0.274 e. The van der Waals surface area contributed by atoms with Gasteiger partial charge in [-0.05, 0) is 0 Å². The zero-order valence-corrected chi connectivity index (χ0v) is 11.9. The van der Waals surface area contributed by atoms with Gasteiger partial charge < -0.3 is 14.6 Å². The van der Waals surface area contributed by atoms with Gasteiger partial charge >= 0.3 is 0 Å². The Balaban J connectivity index is 1.98. The maximum atomic E-state index is 11.0. The van der Waals surface area contributed by atoms with Crippen LogP contribution in [0.15, 0.2) is 36.8 Å². The molecule has 0 saturated carbocycles. The van der Waals surface area contributed by atoms with Gasteiger partial charge in [-0.25, -0.2) is 4.98 Å². The number of aromatic nitrogens is 2. The second-order valence-corrected chi connectivity index (χ2v) is 4.59. The summed E-state index contributed by atoms with van der Waals surface area (Å²) >= 11 is 0. The molecule has 2 rings (SSSR count). The predicted molar refractivity (Wildman–Crippen MR) is 78.0 cm³/mol. The van der Waals surface area contributed by atoms with Crippen molar-refractivity contribution in [3.63, 3.8) is 0 Å². The first kappa shape index (κ1) is 15.1. The van der Waals surface area contributed by atoms with Crippen molar-refractivity contribution in [1.82, 2.24) is 14.9 Å². The Kier molecular flexibility index (Phi) is 5.42. The highest BCUT2D eigenvalue weighted by atomic mass is 16.6. The summed E-state index contributed by atoms with van der Waals surface area (Å²) in [6.07, 6.45) is 3.57. The molecule has 0 spiro atoms. The molecule has 0 aliphatic heterocycles. The Hall–Kier alpha value is -2.25. The predicted octanol–water partition coefficient (Wildman–Crippen LogP) is 1.58. The third-order valence-electron chi connectivity index (χ3n) is 3.02. The molecule has 0 atom stereocenters. The van der Waals surface area contributed by atoms with Crippen LogP contribution in [-0.2, 0) is 17.8 Å². The highest BCUT2D eigenvalue weighted by Gasteiger charge is 2.12. The third kappa shape index (κ3) is 4.37. The van der Waals surface area contributed by atoms with Crippen LogP contribution >= 0.6 is 0 Å². The standard InChI is InChI=1S/C14H18N4O3/c1-21-7-6-15-8-13-10-17(11-16-13)9-12-4-2-3-5-14(12)18(19)20/h2-5,10-11,15H,6-9H2,1H3. The van der Waals surface area contributed by atoms with E-state index in [1.165, 1.54) is 6.07 Å². The largest absolute Gasteiger partial charge is 0.383 e. The fourth-order valence-corrected chi connectivity index (χ4v) is 1.99. The first-order chi connectivity index (χ1) is 10.2. The minimum absolute atomic E-state index is 0.131. The smallest absolute Gasteiger partial charge is 0.274 e. The van der Waals surface area contributed by atoms with E-state index in [0.29, 0.717) is 25.3 Å². The van der Waals surface area contributed by atoms with Gasteiger partial charge in [0, 0.05) is 38.0 Å². The van der Waals surface area contributed by atoms with Gasteiger partial charge in [-0.2, -0.15) is 0 Å². The fourth-order valence-electron chi connectivity index (χ4n) is 1.99. The van der Waals surface area contributed by atoms with Crippen LogP contribution < -0.4 is 5.32 Å². The van der Waals surface area contributed by atoms with E-state index in [9.17, 15) is 10.1 Å². The molecule has 0 aliphatic carbocycles. The van der Waals surface area contributed by atoms with Gasteiger partial charge in [-0.1, -0.05) is 18.2 Å². The number of ether oxygens (including phenoxy) is 1. The third-order valence-corrected chi connectivity index (χ3v) is 3.02. The number of hydrogen-bond acceptors (Lipinski definition) is 5. The molecular formula is C14H18N4O3. The summed E-state index contributed by atoms with van der Waals surface area (Å²) in [4.78, 5) is 14.9. The lowest BCUT2D eigenvalue weighted by Crippen LogP contribution is -2.18. The van der Waals surface area contributed by atoms with E-state index in [0.717, 1.165) is 12.2 Å². The number of para-hydroxylation sites is 1. The molecule has 1 aromatic carbocycles. The van der Waals surface area contributed by atoms with Crippen LogP contribution in [0.3, 0.4) is 0 Å². The van der Waals surface area contributed by atoms with E-state index in [-0.39, 0.29) is 10.6 Å². The van der Waals surface area contributed by atoms with E-state index >= 15 is 0 Å². The Bertz CT molecular complexity index is 597. The van der Waals surface area contributed by atoms with Crippen molar-refractivity contribution in [2.45, 2.75) is 13.1 Å². The molecule has 0 fully saturated rings. The summed E-state index contributed by atoms with van der Waals surface area (Å²) in [5.41, 5.74) is 1.69. The molecule has 0 unspecified atom stereocenters. The van der Waals surface area contributed by atoms with Gasteiger partial charge in [0.1, 0.15) is 0 Å². The van der Waals surface area contributed by atoms with Crippen LogP contribution in [0.2, 0.25) is 0 Å². The number of nitrogens with zero attached hydrogens (tertiary/aromatic N) is 3. The molecule has 2 aromatic rings. The number of nitrogens with one attached hydrogen (secondary N) is 1. The number of benzene rings is 1. The van der Waals surface area contributed by atoms with E-state index < -0.39 is 0 Å². The molecule has 0 radical (unpaired) electrons. The van der Waals surface area contributed by atoms with Crippen LogP contribution in [0.25, 0.3) is 0 Å². The molecule has 7 nitrogen and oxygen atoms in total. The van der Waals surface area contributed by atoms with Crippen molar-refractivity contribution in [2.75, 3.05) is 20.3 Å². The number of nitro benzene ring substituents is 1. The number of imidazole rings is 1. The minimum atomic E-state index is -0.362. The van der Waals surface area contributed by atoms with Crippen LogP contribution in [0.1, 0.15) is 11.3 Å². The number of methoxy groups -OCH3 is 1. The van der Waals surface area contributed by atoms with Crippen molar-refractivity contribution in [3.8, 4) is 0 Å². The van der Waals surface area contributed by atoms with Gasteiger partial charge in [0.2, 0.25) is 0 Å². The van der Waals surface area contributed by atoms with Gasteiger partial charge in [0.15, 0.2) is 0 Å².